The first-order valence-corrected chi connectivity index (χ1v) is 7.73. The zero-order valence-corrected chi connectivity index (χ0v) is 13.5. The van der Waals surface area contributed by atoms with Crippen LogP contribution in [0.5, 0.6) is 11.5 Å². The first-order valence-electron chi connectivity index (χ1n) is 7.35. The van der Waals surface area contributed by atoms with Gasteiger partial charge in [0.05, 0.1) is 10.7 Å². The highest BCUT2D eigenvalue weighted by Crippen LogP contribution is 2.38. The number of nitrogens with zero attached hydrogens (tertiary/aromatic N) is 1. The molecule has 2 heterocycles. The molecule has 2 aromatic rings. The Hall–Kier alpha value is -1.72. The molecule has 0 aliphatic carbocycles. The summed E-state index contributed by atoms with van der Waals surface area (Å²) in [7, 11) is 0. The zero-order valence-electron chi connectivity index (χ0n) is 12.7. The minimum Gasteiger partial charge on any atom is -0.486 e. The summed E-state index contributed by atoms with van der Waals surface area (Å²) in [6.45, 7) is 6.58. The predicted molar refractivity (Wildman–Crippen MR) is 83.8 cm³/mol. The van der Waals surface area contributed by atoms with E-state index in [0.29, 0.717) is 24.0 Å². The highest BCUT2D eigenvalue weighted by atomic mass is 35.5. The van der Waals surface area contributed by atoms with Gasteiger partial charge in [-0.3, -0.25) is 0 Å². The highest BCUT2D eigenvalue weighted by molar-refractivity contribution is 6.32. The Kier molecular flexibility index (Phi) is 4.55. The number of hydrogen-bond acceptors (Lipinski definition) is 5. The summed E-state index contributed by atoms with van der Waals surface area (Å²) in [5.41, 5.74) is 3.19. The molecule has 0 radical (unpaired) electrons. The number of benzene rings is 1. The summed E-state index contributed by atoms with van der Waals surface area (Å²) >= 11 is 6.24. The Bertz CT molecular complexity index is 650. The zero-order chi connectivity index (χ0) is 15.5. The van der Waals surface area contributed by atoms with Gasteiger partial charge in [-0.1, -0.05) is 16.8 Å². The molecule has 1 aromatic carbocycles. The third-order valence-corrected chi connectivity index (χ3v) is 4.01. The van der Waals surface area contributed by atoms with Gasteiger partial charge in [0.2, 0.25) is 0 Å². The summed E-state index contributed by atoms with van der Waals surface area (Å²) in [4.78, 5) is 0. The van der Waals surface area contributed by atoms with Crippen molar-refractivity contribution in [3.8, 4) is 11.5 Å². The minimum atomic E-state index is 0.547. The SMILES string of the molecule is Cc1noc(C)c1CNCCc1cc(Cl)c2c(c1)OCCO2. The third kappa shape index (κ3) is 3.20. The second kappa shape index (κ2) is 6.58. The van der Waals surface area contributed by atoms with Crippen molar-refractivity contribution in [2.24, 2.45) is 0 Å². The molecule has 3 rings (SSSR count). The number of aromatic nitrogens is 1. The topological polar surface area (TPSA) is 56.5 Å². The molecule has 22 heavy (non-hydrogen) atoms. The van der Waals surface area contributed by atoms with Crippen molar-refractivity contribution in [2.75, 3.05) is 19.8 Å². The van der Waals surface area contributed by atoms with Crippen LogP contribution in [0.4, 0.5) is 0 Å². The largest absolute Gasteiger partial charge is 0.486 e. The normalized spacial score (nSPS) is 13.4. The lowest BCUT2D eigenvalue weighted by Crippen LogP contribution is -2.18. The van der Waals surface area contributed by atoms with Crippen LogP contribution in [0.2, 0.25) is 5.02 Å². The van der Waals surface area contributed by atoms with Gasteiger partial charge in [0.1, 0.15) is 19.0 Å². The lowest BCUT2D eigenvalue weighted by molar-refractivity contribution is 0.171. The van der Waals surface area contributed by atoms with Crippen molar-refractivity contribution in [3.05, 3.63) is 39.7 Å². The van der Waals surface area contributed by atoms with E-state index in [4.69, 9.17) is 25.6 Å². The Morgan fingerprint density at radius 1 is 1.23 bits per heavy atom. The summed E-state index contributed by atoms with van der Waals surface area (Å²) < 4.78 is 16.3. The van der Waals surface area contributed by atoms with Crippen LogP contribution >= 0.6 is 11.6 Å². The highest BCUT2D eigenvalue weighted by Gasteiger charge is 2.16. The van der Waals surface area contributed by atoms with Crippen LogP contribution in [0.25, 0.3) is 0 Å². The third-order valence-electron chi connectivity index (χ3n) is 3.73. The van der Waals surface area contributed by atoms with Crippen LogP contribution in [-0.4, -0.2) is 24.9 Å². The van der Waals surface area contributed by atoms with Gasteiger partial charge in [-0.15, -0.1) is 0 Å². The summed E-state index contributed by atoms with van der Waals surface area (Å²) in [6.07, 6.45) is 0.861. The molecule has 0 bridgehead atoms. The number of fused-ring (bicyclic) bond motifs is 1. The molecule has 0 saturated carbocycles. The standard InChI is InChI=1S/C16H19ClN2O3/c1-10-13(11(2)22-19-10)9-18-4-3-12-7-14(17)16-15(8-12)20-5-6-21-16/h7-8,18H,3-6,9H2,1-2H3. The molecular weight excluding hydrogens is 304 g/mol. The van der Waals surface area contributed by atoms with E-state index in [1.807, 2.05) is 26.0 Å². The molecule has 1 aliphatic heterocycles. The van der Waals surface area contributed by atoms with E-state index in [1.54, 1.807) is 0 Å². The fourth-order valence-electron chi connectivity index (χ4n) is 2.51. The average molecular weight is 323 g/mol. The van der Waals surface area contributed by atoms with E-state index < -0.39 is 0 Å². The lowest BCUT2D eigenvalue weighted by atomic mass is 10.1. The van der Waals surface area contributed by atoms with Crippen LogP contribution in [0, 0.1) is 13.8 Å². The van der Waals surface area contributed by atoms with Gasteiger partial charge in [-0.25, -0.2) is 0 Å². The molecule has 1 aliphatic rings. The second-order valence-corrected chi connectivity index (χ2v) is 5.74. The van der Waals surface area contributed by atoms with Gasteiger partial charge in [0.15, 0.2) is 11.5 Å². The van der Waals surface area contributed by atoms with Gasteiger partial charge in [0, 0.05) is 12.1 Å². The quantitative estimate of drug-likeness (QED) is 0.857. The van der Waals surface area contributed by atoms with Crippen LogP contribution in [0.3, 0.4) is 0 Å². The monoisotopic (exact) mass is 322 g/mol. The smallest absolute Gasteiger partial charge is 0.179 e. The molecule has 0 fully saturated rings. The predicted octanol–water partition coefficient (Wildman–Crippen LogP) is 3.05. The van der Waals surface area contributed by atoms with E-state index in [0.717, 1.165) is 47.8 Å². The van der Waals surface area contributed by atoms with Gasteiger partial charge in [0.25, 0.3) is 0 Å². The first kappa shape index (κ1) is 15.2. The fraction of sp³-hybridized carbons (Fsp3) is 0.438. The summed E-state index contributed by atoms with van der Waals surface area (Å²) in [6, 6.07) is 3.94. The fourth-order valence-corrected chi connectivity index (χ4v) is 2.80. The number of ether oxygens (including phenoxy) is 2. The van der Waals surface area contributed by atoms with Crippen molar-refractivity contribution in [1.82, 2.24) is 10.5 Å². The van der Waals surface area contributed by atoms with Crippen molar-refractivity contribution >= 4 is 11.6 Å². The van der Waals surface area contributed by atoms with Gasteiger partial charge >= 0.3 is 0 Å². The van der Waals surface area contributed by atoms with Crippen LogP contribution in [0.1, 0.15) is 22.6 Å². The molecule has 0 amide bonds. The van der Waals surface area contributed by atoms with Crippen molar-refractivity contribution in [2.45, 2.75) is 26.8 Å². The van der Waals surface area contributed by atoms with E-state index in [1.165, 1.54) is 0 Å². The minimum absolute atomic E-state index is 0.547. The Balaban J connectivity index is 1.57. The van der Waals surface area contributed by atoms with E-state index in [2.05, 4.69) is 10.5 Å². The van der Waals surface area contributed by atoms with Crippen molar-refractivity contribution < 1.29 is 14.0 Å². The number of aryl methyl sites for hydroxylation is 2. The van der Waals surface area contributed by atoms with Crippen molar-refractivity contribution in [3.63, 3.8) is 0 Å². The Morgan fingerprint density at radius 2 is 2.05 bits per heavy atom. The molecular formula is C16H19ClN2O3. The summed E-state index contributed by atoms with van der Waals surface area (Å²) in [5, 5.41) is 7.96. The number of nitrogens with one attached hydrogen (secondary N) is 1. The average Bonchev–Trinajstić information content (AvgIpc) is 2.83. The molecule has 6 heteroatoms. The molecule has 1 aromatic heterocycles. The maximum Gasteiger partial charge on any atom is 0.179 e. The van der Waals surface area contributed by atoms with Gasteiger partial charge in [-0.05, 0) is 44.5 Å². The maximum absolute atomic E-state index is 6.24. The first-order chi connectivity index (χ1) is 10.6. The van der Waals surface area contributed by atoms with Crippen LogP contribution < -0.4 is 14.8 Å². The van der Waals surface area contributed by atoms with Crippen LogP contribution in [0.15, 0.2) is 16.7 Å². The molecule has 5 nitrogen and oxygen atoms in total. The van der Waals surface area contributed by atoms with E-state index in [-0.39, 0.29) is 0 Å². The number of halogens is 1. The lowest BCUT2D eigenvalue weighted by Gasteiger charge is -2.20. The molecule has 0 atom stereocenters. The molecule has 118 valence electrons. The number of hydrogen-bond donors (Lipinski definition) is 1. The van der Waals surface area contributed by atoms with Gasteiger partial charge in [-0.2, -0.15) is 0 Å². The Morgan fingerprint density at radius 3 is 2.82 bits per heavy atom. The van der Waals surface area contributed by atoms with Crippen molar-refractivity contribution in [1.29, 1.82) is 0 Å². The summed E-state index contributed by atoms with van der Waals surface area (Å²) in [5.74, 6) is 2.26. The second-order valence-electron chi connectivity index (χ2n) is 5.33. The molecule has 0 spiro atoms. The number of rotatable bonds is 5. The Labute approximate surface area is 134 Å². The maximum atomic E-state index is 6.24. The molecule has 0 unspecified atom stereocenters. The van der Waals surface area contributed by atoms with E-state index in [9.17, 15) is 0 Å². The van der Waals surface area contributed by atoms with Gasteiger partial charge < -0.3 is 19.3 Å². The van der Waals surface area contributed by atoms with E-state index >= 15 is 0 Å². The molecule has 1 N–H and O–H groups in total. The molecule has 0 saturated heterocycles. The van der Waals surface area contributed by atoms with Crippen LogP contribution in [-0.2, 0) is 13.0 Å².